The zero-order valence-electron chi connectivity index (χ0n) is 6.18. The summed E-state index contributed by atoms with van der Waals surface area (Å²) < 4.78 is 3.99. The molecule has 2 aromatic heterocycles. The van der Waals surface area contributed by atoms with Gasteiger partial charge in [-0.05, 0) is 17.6 Å². The van der Waals surface area contributed by atoms with E-state index in [9.17, 15) is 0 Å². The molecular weight excluding hydrogens is 190 g/mol. The Kier molecular flexibility index (Phi) is 2.16. The van der Waals surface area contributed by atoms with E-state index in [2.05, 4.69) is 9.36 Å². The van der Waals surface area contributed by atoms with Gasteiger partial charge in [0.15, 0.2) is 0 Å². The summed E-state index contributed by atoms with van der Waals surface area (Å²) in [7, 11) is 0. The SMILES string of the molecule is NC(c1cscn1)c1ccns1. The van der Waals surface area contributed by atoms with Crippen molar-refractivity contribution in [1.82, 2.24) is 9.36 Å². The van der Waals surface area contributed by atoms with Crippen LogP contribution in [0.2, 0.25) is 0 Å². The quantitative estimate of drug-likeness (QED) is 0.796. The zero-order chi connectivity index (χ0) is 8.39. The molecule has 0 bridgehead atoms. The maximum Gasteiger partial charge on any atom is 0.0844 e. The van der Waals surface area contributed by atoms with Crippen LogP contribution in [-0.2, 0) is 0 Å². The Morgan fingerprint density at radius 3 is 3.00 bits per heavy atom. The number of nitrogens with zero attached hydrogens (tertiary/aromatic N) is 2. The van der Waals surface area contributed by atoms with E-state index in [1.54, 1.807) is 23.0 Å². The molecule has 0 saturated heterocycles. The molecule has 62 valence electrons. The van der Waals surface area contributed by atoms with E-state index in [-0.39, 0.29) is 6.04 Å². The molecule has 0 aliphatic rings. The second kappa shape index (κ2) is 3.30. The molecule has 2 heterocycles. The number of aromatic nitrogens is 2. The van der Waals surface area contributed by atoms with Crippen LogP contribution in [0, 0.1) is 0 Å². The van der Waals surface area contributed by atoms with Gasteiger partial charge in [0.05, 0.1) is 17.2 Å². The lowest BCUT2D eigenvalue weighted by Gasteiger charge is -2.03. The monoisotopic (exact) mass is 197 g/mol. The van der Waals surface area contributed by atoms with E-state index < -0.39 is 0 Å². The molecule has 1 atom stereocenters. The lowest BCUT2D eigenvalue weighted by molar-refractivity contribution is 0.858. The summed E-state index contributed by atoms with van der Waals surface area (Å²) >= 11 is 2.98. The largest absolute Gasteiger partial charge is 0.318 e. The Balaban J connectivity index is 2.27. The van der Waals surface area contributed by atoms with Crippen molar-refractivity contribution in [2.75, 3.05) is 0 Å². The van der Waals surface area contributed by atoms with Crippen molar-refractivity contribution in [3.63, 3.8) is 0 Å². The van der Waals surface area contributed by atoms with Gasteiger partial charge in [0.2, 0.25) is 0 Å². The molecule has 2 N–H and O–H groups in total. The highest BCUT2D eigenvalue weighted by Gasteiger charge is 2.11. The van der Waals surface area contributed by atoms with E-state index in [1.165, 1.54) is 11.5 Å². The minimum absolute atomic E-state index is 0.108. The van der Waals surface area contributed by atoms with Gasteiger partial charge in [-0.1, -0.05) is 0 Å². The number of hydrogen-bond donors (Lipinski definition) is 1. The molecule has 5 heteroatoms. The molecule has 0 fully saturated rings. The summed E-state index contributed by atoms with van der Waals surface area (Å²) in [4.78, 5) is 5.20. The van der Waals surface area contributed by atoms with Gasteiger partial charge in [-0.3, -0.25) is 0 Å². The lowest BCUT2D eigenvalue weighted by Crippen LogP contribution is -2.10. The van der Waals surface area contributed by atoms with Gasteiger partial charge in [-0.2, -0.15) is 0 Å². The predicted octanol–water partition coefficient (Wildman–Crippen LogP) is 1.65. The van der Waals surface area contributed by atoms with Crippen molar-refractivity contribution >= 4 is 22.9 Å². The summed E-state index contributed by atoms with van der Waals surface area (Å²) in [5.74, 6) is 0. The molecule has 12 heavy (non-hydrogen) atoms. The first-order chi connectivity index (χ1) is 5.88. The van der Waals surface area contributed by atoms with Crippen LogP contribution in [0.3, 0.4) is 0 Å². The predicted molar refractivity (Wildman–Crippen MR) is 50.3 cm³/mol. The van der Waals surface area contributed by atoms with Crippen molar-refractivity contribution in [1.29, 1.82) is 0 Å². The number of rotatable bonds is 2. The first-order valence-electron chi connectivity index (χ1n) is 3.42. The second-order valence-corrected chi connectivity index (χ2v) is 3.89. The van der Waals surface area contributed by atoms with Crippen LogP contribution in [0.1, 0.15) is 16.6 Å². The second-order valence-electron chi connectivity index (χ2n) is 2.31. The van der Waals surface area contributed by atoms with Crippen molar-refractivity contribution < 1.29 is 0 Å². The molecule has 0 spiro atoms. The molecule has 2 rings (SSSR count). The minimum Gasteiger partial charge on any atom is -0.318 e. The van der Waals surface area contributed by atoms with E-state index in [4.69, 9.17) is 5.73 Å². The normalized spacial score (nSPS) is 13.1. The third-order valence-electron chi connectivity index (χ3n) is 1.53. The van der Waals surface area contributed by atoms with Gasteiger partial charge in [-0.15, -0.1) is 11.3 Å². The average Bonchev–Trinajstić information content (AvgIpc) is 2.77. The standard InChI is InChI=1S/C7H7N3S2/c8-7(5-3-11-4-9-5)6-1-2-10-12-6/h1-4,7H,8H2. The Morgan fingerprint density at radius 2 is 2.42 bits per heavy atom. The van der Waals surface area contributed by atoms with Crippen molar-refractivity contribution in [3.8, 4) is 0 Å². The first kappa shape index (κ1) is 7.85. The van der Waals surface area contributed by atoms with Crippen LogP contribution >= 0.6 is 22.9 Å². The molecule has 0 aromatic carbocycles. The fourth-order valence-corrected chi connectivity index (χ4v) is 2.10. The zero-order valence-corrected chi connectivity index (χ0v) is 7.81. The van der Waals surface area contributed by atoms with Crippen LogP contribution in [-0.4, -0.2) is 9.36 Å². The fraction of sp³-hybridized carbons (Fsp3) is 0.143. The molecule has 0 amide bonds. The highest BCUT2D eigenvalue weighted by molar-refractivity contribution is 7.07. The van der Waals surface area contributed by atoms with E-state index in [1.807, 2.05) is 11.4 Å². The smallest absolute Gasteiger partial charge is 0.0844 e. The molecule has 0 saturated carbocycles. The molecule has 3 nitrogen and oxygen atoms in total. The van der Waals surface area contributed by atoms with Gasteiger partial charge in [0.25, 0.3) is 0 Å². The van der Waals surface area contributed by atoms with Gasteiger partial charge >= 0.3 is 0 Å². The number of hydrogen-bond acceptors (Lipinski definition) is 5. The third-order valence-corrected chi connectivity index (χ3v) is 2.97. The molecule has 0 aliphatic heterocycles. The highest BCUT2D eigenvalue weighted by Crippen LogP contribution is 2.21. The van der Waals surface area contributed by atoms with Crippen LogP contribution in [0.25, 0.3) is 0 Å². The summed E-state index contributed by atoms with van der Waals surface area (Å²) in [6, 6.07) is 1.82. The maximum absolute atomic E-state index is 5.92. The Labute approximate surface area is 78.1 Å². The van der Waals surface area contributed by atoms with Crippen LogP contribution in [0.15, 0.2) is 23.2 Å². The molecule has 0 radical (unpaired) electrons. The summed E-state index contributed by atoms with van der Waals surface area (Å²) in [6.45, 7) is 0. The summed E-state index contributed by atoms with van der Waals surface area (Å²) in [6.07, 6.45) is 1.76. The highest BCUT2D eigenvalue weighted by atomic mass is 32.1. The van der Waals surface area contributed by atoms with Crippen molar-refractivity contribution in [2.24, 2.45) is 5.73 Å². The number of nitrogens with two attached hydrogens (primary N) is 1. The minimum atomic E-state index is -0.108. The van der Waals surface area contributed by atoms with E-state index in [0.717, 1.165) is 10.6 Å². The molecule has 2 aromatic rings. The topological polar surface area (TPSA) is 51.8 Å². The average molecular weight is 197 g/mol. The maximum atomic E-state index is 5.92. The van der Waals surface area contributed by atoms with E-state index in [0.29, 0.717) is 0 Å². The van der Waals surface area contributed by atoms with Crippen LogP contribution < -0.4 is 5.73 Å². The fourth-order valence-electron chi connectivity index (χ4n) is 0.907. The van der Waals surface area contributed by atoms with Gasteiger partial charge < -0.3 is 5.73 Å². The number of thiazole rings is 1. The first-order valence-corrected chi connectivity index (χ1v) is 5.14. The van der Waals surface area contributed by atoms with Crippen molar-refractivity contribution in [2.45, 2.75) is 6.04 Å². The van der Waals surface area contributed by atoms with Gasteiger partial charge in [0, 0.05) is 16.5 Å². The van der Waals surface area contributed by atoms with Gasteiger partial charge in [0.1, 0.15) is 0 Å². The molecular formula is C7H7N3S2. The van der Waals surface area contributed by atoms with Crippen LogP contribution in [0.4, 0.5) is 0 Å². The summed E-state index contributed by atoms with van der Waals surface area (Å²) in [5, 5.41) is 1.96. The van der Waals surface area contributed by atoms with Crippen molar-refractivity contribution in [3.05, 3.63) is 33.7 Å². The lowest BCUT2D eigenvalue weighted by atomic mass is 10.2. The Morgan fingerprint density at radius 1 is 1.50 bits per heavy atom. The van der Waals surface area contributed by atoms with Crippen LogP contribution in [0.5, 0.6) is 0 Å². The Bertz CT molecular complexity index is 293. The Hall–Kier alpha value is -0.780. The molecule has 1 unspecified atom stereocenters. The van der Waals surface area contributed by atoms with E-state index >= 15 is 0 Å². The summed E-state index contributed by atoms with van der Waals surface area (Å²) in [5.41, 5.74) is 8.63. The van der Waals surface area contributed by atoms with Gasteiger partial charge in [-0.25, -0.2) is 9.36 Å². The third kappa shape index (κ3) is 1.38. The molecule has 0 aliphatic carbocycles.